The molecule has 1 aromatic rings. The lowest BCUT2D eigenvalue weighted by molar-refractivity contribution is -0.143. The summed E-state index contributed by atoms with van der Waals surface area (Å²) in [5.74, 6) is -1.37. The number of piperidine rings is 1. The maximum Gasteiger partial charge on any atom is 0.306 e. The number of hydrogen-bond donors (Lipinski definition) is 1. The van der Waals surface area contributed by atoms with Gasteiger partial charge < -0.3 is 5.11 Å². The standard InChI is InChI=1S/C10H15BrN4O4S/c1-6-5-7(10(16)17)3-4-15(6)20(18,19)9-8(11)12-13-14(9)2/h6-7H,3-5H2,1-2H3,(H,16,17). The van der Waals surface area contributed by atoms with Crippen LogP contribution in [0.25, 0.3) is 0 Å². The van der Waals surface area contributed by atoms with Crippen LogP contribution >= 0.6 is 15.9 Å². The molecule has 0 aromatic carbocycles. The fourth-order valence-corrected chi connectivity index (χ4v) is 5.13. The molecule has 0 amide bonds. The molecule has 1 aliphatic heterocycles. The highest BCUT2D eigenvalue weighted by Gasteiger charge is 2.39. The minimum Gasteiger partial charge on any atom is -0.481 e. The van der Waals surface area contributed by atoms with Gasteiger partial charge >= 0.3 is 5.97 Å². The van der Waals surface area contributed by atoms with E-state index in [0.29, 0.717) is 12.8 Å². The van der Waals surface area contributed by atoms with Gasteiger partial charge in [-0.15, -0.1) is 5.10 Å². The smallest absolute Gasteiger partial charge is 0.306 e. The maximum absolute atomic E-state index is 12.6. The largest absolute Gasteiger partial charge is 0.481 e. The number of carboxylic acid groups (broad SMARTS) is 1. The van der Waals surface area contributed by atoms with Crippen LogP contribution in [0.15, 0.2) is 9.63 Å². The first-order chi connectivity index (χ1) is 9.25. The summed E-state index contributed by atoms with van der Waals surface area (Å²) < 4.78 is 27.9. The Hall–Kier alpha value is -1.00. The topological polar surface area (TPSA) is 105 Å². The molecule has 1 aromatic heterocycles. The predicted octanol–water partition coefficient (Wildman–Crippen LogP) is 0.451. The number of sulfonamides is 1. The molecular formula is C10H15BrN4O4S. The SMILES string of the molecule is CC1CC(C(=O)O)CCN1S(=O)(=O)c1c(Br)nnn1C. The van der Waals surface area contributed by atoms with E-state index < -0.39 is 21.9 Å². The Balaban J connectivity index is 2.30. The van der Waals surface area contributed by atoms with Crippen molar-refractivity contribution in [3.05, 3.63) is 4.60 Å². The van der Waals surface area contributed by atoms with Crippen molar-refractivity contribution in [1.82, 2.24) is 19.3 Å². The number of carbonyl (C=O) groups is 1. The summed E-state index contributed by atoms with van der Waals surface area (Å²) in [4.78, 5) is 11.0. The number of rotatable bonds is 3. The molecule has 0 aliphatic carbocycles. The fraction of sp³-hybridized carbons (Fsp3) is 0.700. The Labute approximate surface area is 124 Å². The maximum atomic E-state index is 12.6. The van der Waals surface area contributed by atoms with Crippen molar-refractivity contribution in [3.8, 4) is 0 Å². The highest BCUT2D eigenvalue weighted by Crippen LogP contribution is 2.30. The number of aromatic nitrogens is 3. The minimum atomic E-state index is -3.75. The van der Waals surface area contributed by atoms with Crippen molar-refractivity contribution in [2.24, 2.45) is 13.0 Å². The van der Waals surface area contributed by atoms with Crippen molar-refractivity contribution in [3.63, 3.8) is 0 Å². The number of nitrogens with zero attached hydrogens (tertiary/aromatic N) is 4. The van der Waals surface area contributed by atoms with Crippen LogP contribution in [0.2, 0.25) is 0 Å². The molecule has 1 fully saturated rings. The van der Waals surface area contributed by atoms with Crippen LogP contribution in [0.5, 0.6) is 0 Å². The Morgan fingerprint density at radius 2 is 2.15 bits per heavy atom. The summed E-state index contributed by atoms with van der Waals surface area (Å²) >= 11 is 3.08. The van der Waals surface area contributed by atoms with Gasteiger partial charge in [0.25, 0.3) is 10.0 Å². The zero-order chi connectivity index (χ0) is 15.1. The number of carboxylic acids is 1. The van der Waals surface area contributed by atoms with E-state index in [0.717, 1.165) is 0 Å². The highest BCUT2D eigenvalue weighted by molar-refractivity contribution is 9.10. The van der Waals surface area contributed by atoms with Crippen LogP contribution in [0.3, 0.4) is 0 Å². The molecule has 112 valence electrons. The first-order valence-corrected chi connectivity index (χ1v) is 8.28. The third kappa shape index (κ3) is 2.59. The zero-order valence-electron chi connectivity index (χ0n) is 11.0. The zero-order valence-corrected chi connectivity index (χ0v) is 13.4. The average molecular weight is 367 g/mol. The van der Waals surface area contributed by atoms with Crippen LogP contribution in [0, 0.1) is 5.92 Å². The summed E-state index contributed by atoms with van der Waals surface area (Å²) in [6.45, 7) is 1.89. The van der Waals surface area contributed by atoms with E-state index in [1.165, 1.54) is 16.0 Å². The van der Waals surface area contributed by atoms with Crippen LogP contribution < -0.4 is 0 Å². The van der Waals surface area contributed by atoms with Crippen LogP contribution in [-0.2, 0) is 21.9 Å². The second kappa shape index (κ2) is 5.41. The van der Waals surface area contributed by atoms with E-state index in [-0.39, 0.29) is 22.2 Å². The van der Waals surface area contributed by atoms with Crippen molar-refractivity contribution < 1.29 is 18.3 Å². The second-order valence-corrected chi connectivity index (χ2v) is 7.39. The number of halogens is 1. The molecule has 0 bridgehead atoms. The molecule has 2 unspecified atom stereocenters. The summed E-state index contributed by atoms with van der Waals surface area (Å²) in [5, 5.41) is 16.3. The first-order valence-electron chi connectivity index (χ1n) is 6.05. The Kier molecular flexibility index (Phi) is 4.17. The van der Waals surface area contributed by atoms with Gasteiger partial charge in [0.15, 0.2) is 4.60 Å². The van der Waals surface area contributed by atoms with Gasteiger partial charge in [-0.25, -0.2) is 13.1 Å². The molecule has 2 heterocycles. The lowest BCUT2D eigenvalue weighted by atomic mass is 9.93. The molecule has 1 aliphatic rings. The lowest BCUT2D eigenvalue weighted by Gasteiger charge is -2.34. The first kappa shape index (κ1) is 15.4. The predicted molar refractivity (Wildman–Crippen MR) is 72.4 cm³/mol. The van der Waals surface area contributed by atoms with Crippen LogP contribution in [0.1, 0.15) is 19.8 Å². The molecular weight excluding hydrogens is 352 g/mol. The van der Waals surface area contributed by atoms with Gasteiger partial charge in [0, 0.05) is 19.6 Å². The summed E-state index contributed by atoms with van der Waals surface area (Å²) in [6, 6.07) is -0.378. The van der Waals surface area contributed by atoms with E-state index in [9.17, 15) is 13.2 Å². The quantitative estimate of drug-likeness (QED) is 0.832. The lowest BCUT2D eigenvalue weighted by Crippen LogP contribution is -2.46. The number of aliphatic carboxylic acids is 1. The van der Waals surface area contributed by atoms with E-state index >= 15 is 0 Å². The van der Waals surface area contributed by atoms with Gasteiger partial charge in [-0.05, 0) is 35.7 Å². The van der Waals surface area contributed by atoms with E-state index in [2.05, 4.69) is 26.2 Å². The van der Waals surface area contributed by atoms with Gasteiger partial charge in [-0.2, -0.15) is 4.31 Å². The Bertz CT molecular complexity index is 610. The molecule has 2 atom stereocenters. The van der Waals surface area contributed by atoms with Gasteiger partial charge in [0.2, 0.25) is 5.03 Å². The molecule has 0 spiro atoms. The molecule has 20 heavy (non-hydrogen) atoms. The highest BCUT2D eigenvalue weighted by atomic mass is 79.9. The summed E-state index contributed by atoms with van der Waals surface area (Å²) in [7, 11) is -2.25. The van der Waals surface area contributed by atoms with E-state index in [1.54, 1.807) is 6.92 Å². The molecule has 2 rings (SSSR count). The van der Waals surface area contributed by atoms with Crippen molar-refractivity contribution >= 4 is 31.9 Å². The molecule has 1 saturated heterocycles. The van der Waals surface area contributed by atoms with Crippen molar-refractivity contribution in [2.45, 2.75) is 30.8 Å². The van der Waals surface area contributed by atoms with Gasteiger partial charge in [-0.1, -0.05) is 5.21 Å². The van der Waals surface area contributed by atoms with E-state index in [1.807, 2.05) is 0 Å². The molecule has 1 N–H and O–H groups in total. The van der Waals surface area contributed by atoms with Crippen molar-refractivity contribution in [1.29, 1.82) is 0 Å². The average Bonchev–Trinajstić information content (AvgIpc) is 2.68. The second-order valence-electron chi connectivity index (χ2n) is 4.83. The van der Waals surface area contributed by atoms with Crippen LogP contribution in [0.4, 0.5) is 0 Å². The van der Waals surface area contributed by atoms with Crippen LogP contribution in [-0.4, -0.2) is 51.4 Å². The van der Waals surface area contributed by atoms with Gasteiger partial charge in [0.1, 0.15) is 0 Å². The van der Waals surface area contributed by atoms with Gasteiger partial charge in [-0.3, -0.25) is 4.79 Å². The Morgan fingerprint density at radius 1 is 1.50 bits per heavy atom. The third-order valence-corrected chi connectivity index (χ3v) is 6.36. The van der Waals surface area contributed by atoms with Gasteiger partial charge in [0.05, 0.1) is 5.92 Å². The van der Waals surface area contributed by atoms with E-state index in [4.69, 9.17) is 5.11 Å². The molecule has 8 nitrogen and oxygen atoms in total. The summed E-state index contributed by atoms with van der Waals surface area (Å²) in [6.07, 6.45) is 0.610. The number of aryl methyl sites for hydroxylation is 1. The monoisotopic (exact) mass is 366 g/mol. The normalized spacial score (nSPS) is 24.8. The summed E-state index contributed by atoms with van der Waals surface area (Å²) in [5.41, 5.74) is 0. The van der Waals surface area contributed by atoms with Crippen molar-refractivity contribution in [2.75, 3.05) is 6.54 Å². The number of hydrogen-bond acceptors (Lipinski definition) is 5. The third-order valence-electron chi connectivity index (χ3n) is 3.45. The molecule has 0 saturated carbocycles. The Morgan fingerprint density at radius 3 is 2.60 bits per heavy atom. The molecule has 10 heteroatoms. The fourth-order valence-electron chi connectivity index (χ4n) is 2.44. The molecule has 0 radical (unpaired) electrons. The minimum absolute atomic E-state index is 0.0156.